The van der Waals surface area contributed by atoms with Crippen LogP contribution in [0.1, 0.15) is 91.9 Å². The second-order valence-electron chi connectivity index (χ2n) is 9.50. The smallest absolute Gasteiger partial charge is 0.234 e. The van der Waals surface area contributed by atoms with Crippen LogP contribution in [0.25, 0.3) is 0 Å². The fraction of sp³-hybridized carbons (Fsp3) is 0.519. The Morgan fingerprint density at radius 3 is 1.93 bits per heavy atom. The molecule has 1 unspecified atom stereocenters. The largest absolute Gasteiger partial charge is 0.420 e. The van der Waals surface area contributed by atoms with E-state index in [1.807, 2.05) is 13.8 Å². The number of aryl methyl sites for hydroxylation is 3. The van der Waals surface area contributed by atoms with E-state index in [1.54, 1.807) is 0 Å². The normalized spacial score (nSPS) is 12.1. The SMILES string of the molecule is Cc1cc(C(C)(C)C)cc(C)c1C(=O)[P+](=O)CCCCCCCCc1ccccc1. The van der Waals surface area contributed by atoms with E-state index in [9.17, 15) is 9.36 Å². The van der Waals surface area contributed by atoms with Crippen LogP contribution in [0.2, 0.25) is 0 Å². The monoisotopic (exact) mass is 425 g/mol. The summed E-state index contributed by atoms with van der Waals surface area (Å²) in [4.78, 5) is 12.8. The molecule has 0 saturated carbocycles. The molecule has 0 fully saturated rings. The van der Waals surface area contributed by atoms with E-state index < -0.39 is 7.80 Å². The zero-order chi connectivity index (χ0) is 22.1. The summed E-state index contributed by atoms with van der Waals surface area (Å²) in [5.74, 6) is 0. The molecular weight excluding hydrogens is 387 g/mol. The Kier molecular flexibility index (Phi) is 9.43. The van der Waals surface area contributed by atoms with Crippen LogP contribution in [-0.2, 0) is 16.4 Å². The van der Waals surface area contributed by atoms with Crippen molar-refractivity contribution >= 4 is 13.3 Å². The predicted molar refractivity (Wildman–Crippen MR) is 129 cm³/mol. The van der Waals surface area contributed by atoms with Gasteiger partial charge in [-0.05, 0) is 67.2 Å². The van der Waals surface area contributed by atoms with Crippen molar-refractivity contribution in [3.05, 3.63) is 70.3 Å². The summed E-state index contributed by atoms with van der Waals surface area (Å²) < 4.78 is 12.6. The summed E-state index contributed by atoms with van der Waals surface area (Å²) in [7, 11) is -1.83. The lowest BCUT2D eigenvalue weighted by Crippen LogP contribution is -2.13. The van der Waals surface area contributed by atoms with E-state index in [0.29, 0.717) is 11.7 Å². The second kappa shape index (κ2) is 11.6. The van der Waals surface area contributed by atoms with Crippen molar-refractivity contribution in [1.82, 2.24) is 0 Å². The highest BCUT2D eigenvalue weighted by molar-refractivity contribution is 7.64. The fourth-order valence-electron chi connectivity index (χ4n) is 3.90. The summed E-state index contributed by atoms with van der Waals surface area (Å²) >= 11 is 0. The van der Waals surface area contributed by atoms with Gasteiger partial charge in [0.1, 0.15) is 0 Å². The van der Waals surface area contributed by atoms with Gasteiger partial charge in [0.05, 0.1) is 5.56 Å². The van der Waals surface area contributed by atoms with E-state index >= 15 is 0 Å². The van der Waals surface area contributed by atoms with Gasteiger partial charge >= 0.3 is 13.3 Å². The molecule has 162 valence electrons. The lowest BCUT2D eigenvalue weighted by molar-refractivity contribution is 0.107. The summed E-state index contributed by atoms with van der Waals surface area (Å²) in [5.41, 5.74) is 5.08. The quantitative estimate of drug-likeness (QED) is 0.269. The molecule has 2 rings (SSSR count). The summed E-state index contributed by atoms with van der Waals surface area (Å²) in [6.45, 7) is 10.4. The third kappa shape index (κ3) is 7.47. The van der Waals surface area contributed by atoms with Gasteiger partial charge in [0, 0.05) is 0 Å². The zero-order valence-electron chi connectivity index (χ0n) is 19.5. The van der Waals surface area contributed by atoms with Gasteiger partial charge in [0.25, 0.3) is 0 Å². The lowest BCUT2D eigenvalue weighted by atomic mass is 9.84. The molecule has 1 atom stereocenters. The number of benzene rings is 2. The number of carbonyl (C=O) groups is 1. The average molecular weight is 426 g/mol. The standard InChI is InChI=1S/C27H38O2P/c1-21-19-24(27(3,4)5)20-22(2)25(21)26(28)30(29)18-14-9-7-6-8-11-15-23-16-12-10-13-17-23/h10,12-13,16-17,19-20H,6-9,11,14-15,18H2,1-5H3/q+1. The number of unbranched alkanes of at least 4 members (excludes halogenated alkanes) is 5. The molecule has 0 heterocycles. The van der Waals surface area contributed by atoms with Crippen LogP contribution >= 0.6 is 7.80 Å². The van der Waals surface area contributed by atoms with Gasteiger partial charge in [0.15, 0.2) is 6.16 Å². The van der Waals surface area contributed by atoms with E-state index in [-0.39, 0.29) is 10.9 Å². The maximum Gasteiger partial charge on any atom is 0.420 e. The lowest BCUT2D eigenvalue weighted by Gasteiger charge is -2.21. The first kappa shape index (κ1) is 24.5. The molecule has 0 bridgehead atoms. The molecule has 0 saturated heterocycles. The van der Waals surface area contributed by atoms with Crippen LogP contribution in [0.4, 0.5) is 0 Å². The zero-order valence-corrected chi connectivity index (χ0v) is 20.4. The predicted octanol–water partition coefficient (Wildman–Crippen LogP) is 8.15. The van der Waals surface area contributed by atoms with Crippen LogP contribution in [0.15, 0.2) is 42.5 Å². The molecule has 30 heavy (non-hydrogen) atoms. The Bertz CT molecular complexity index is 824. The second-order valence-corrected chi connectivity index (χ2v) is 11.1. The van der Waals surface area contributed by atoms with Crippen LogP contribution < -0.4 is 0 Å². The first-order chi connectivity index (χ1) is 14.2. The molecule has 0 aliphatic rings. The molecule has 3 heteroatoms. The molecular formula is C27H38O2P+. The minimum atomic E-state index is -1.83. The van der Waals surface area contributed by atoms with Gasteiger partial charge in [-0.2, -0.15) is 0 Å². The van der Waals surface area contributed by atoms with Gasteiger partial charge in [-0.3, -0.25) is 0 Å². The molecule has 0 amide bonds. The number of carbonyl (C=O) groups excluding carboxylic acids is 1. The topological polar surface area (TPSA) is 34.1 Å². The Labute approximate surface area is 184 Å². The Morgan fingerprint density at radius 2 is 1.37 bits per heavy atom. The van der Waals surface area contributed by atoms with E-state index in [0.717, 1.165) is 36.8 Å². The van der Waals surface area contributed by atoms with Gasteiger partial charge in [-0.1, -0.05) is 87.1 Å². The van der Waals surface area contributed by atoms with E-state index in [1.165, 1.54) is 30.4 Å². The highest BCUT2D eigenvalue weighted by atomic mass is 31.1. The summed E-state index contributed by atoms with van der Waals surface area (Å²) in [5, 5.41) is 0. The third-order valence-electron chi connectivity index (χ3n) is 5.76. The molecule has 0 aliphatic carbocycles. The van der Waals surface area contributed by atoms with Crippen molar-refractivity contribution in [3.63, 3.8) is 0 Å². The average Bonchev–Trinajstić information content (AvgIpc) is 2.69. The molecule has 2 aromatic rings. The van der Waals surface area contributed by atoms with E-state index in [4.69, 9.17) is 0 Å². The molecule has 0 radical (unpaired) electrons. The van der Waals surface area contributed by atoms with Crippen LogP contribution in [0.3, 0.4) is 0 Å². The van der Waals surface area contributed by atoms with Crippen molar-refractivity contribution in [1.29, 1.82) is 0 Å². The summed E-state index contributed by atoms with van der Waals surface area (Å²) in [6.07, 6.45) is 8.41. The fourth-order valence-corrected chi connectivity index (χ4v) is 5.21. The molecule has 0 spiro atoms. The van der Waals surface area contributed by atoms with Crippen molar-refractivity contribution in [3.8, 4) is 0 Å². The number of hydrogen-bond donors (Lipinski definition) is 0. The highest BCUT2D eigenvalue weighted by Crippen LogP contribution is 2.34. The van der Waals surface area contributed by atoms with Crippen LogP contribution in [0, 0.1) is 13.8 Å². The summed E-state index contributed by atoms with van der Waals surface area (Å²) in [6, 6.07) is 14.8. The first-order valence-electron chi connectivity index (χ1n) is 11.3. The highest BCUT2D eigenvalue weighted by Gasteiger charge is 2.32. The maximum absolute atomic E-state index is 12.8. The van der Waals surface area contributed by atoms with E-state index in [2.05, 4.69) is 63.2 Å². The molecule has 2 aromatic carbocycles. The Balaban J connectivity index is 1.71. The minimum absolute atomic E-state index is 0.0421. The molecule has 0 aromatic heterocycles. The van der Waals surface area contributed by atoms with Gasteiger partial charge < -0.3 is 0 Å². The van der Waals surface area contributed by atoms with Crippen molar-refractivity contribution in [2.24, 2.45) is 0 Å². The first-order valence-corrected chi connectivity index (χ1v) is 12.8. The Morgan fingerprint density at radius 1 is 0.833 bits per heavy atom. The van der Waals surface area contributed by atoms with Gasteiger partial charge in [-0.25, -0.2) is 4.79 Å². The molecule has 0 aliphatic heterocycles. The van der Waals surface area contributed by atoms with Gasteiger partial charge in [0.2, 0.25) is 0 Å². The third-order valence-corrected chi connectivity index (χ3v) is 7.16. The minimum Gasteiger partial charge on any atom is -0.234 e. The number of hydrogen-bond acceptors (Lipinski definition) is 2. The molecule has 0 N–H and O–H groups in total. The van der Waals surface area contributed by atoms with Crippen molar-refractivity contribution < 1.29 is 9.36 Å². The van der Waals surface area contributed by atoms with Crippen LogP contribution in [-0.4, -0.2) is 11.7 Å². The van der Waals surface area contributed by atoms with Crippen molar-refractivity contribution in [2.45, 2.75) is 85.0 Å². The Hall–Kier alpha value is -1.79. The molecule has 2 nitrogen and oxygen atoms in total. The van der Waals surface area contributed by atoms with Gasteiger partial charge in [-0.15, -0.1) is 0 Å². The maximum atomic E-state index is 12.8. The van der Waals surface area contributed by atoms with Crippen LogP contribution in [0.5, 0.6) is 0 Å². The van der Waals surface area contributed by atoms with Crippen molar-refractivity contribution in [2.75, 3.05) is 6.16 Å². The number of rotatable bonds is 11.